The van der Waals surface area contributed by atoms with E-state index < -0.39 is 0 Å². The monoisotopic (exact) mass is 149 g/mol. The van der Waals surface area contributed by atoms with Gasteiger partial charge in [0.25, 0.3) is 0 Å². The van der Waals surface area contributed by atoms with Crippen molar-refractivity contribution in [3.05, 3.63) is 23.4 Å². The first-order valence-corrected chi connectivity index (χ1v) is 4.54. The first-order valence-electron chi connectivity index (χ1n) is 4.54. The summed E-state index contributed by atoms with van der Waals surface area (Å²) in [5.41, 5.74) is 3.06. The number of rotatable bonds is 1. The zero-order valence-corrected chi connectivity index (χ0v) is 7.06. The molecule has 1 heteroatoms. The van der Waals surface area contributed by atoms with E-state index in [1.807, 2.05) is 0 Å². The molecule has 1 nitrogen and oxygen atoms in total. The highest BCUT2D eigenvalue weighted by molar-refractivity contribution is 5.33. The number of hydrogen-bond donors (Lipinski definition) is 1. The quantitative estimate of drug-likeness (QED) is 0.602. The van der Waals surface area contributed by atoms with Crippen molar-refractivity contribution in [3.63, 3.8) is 0 Å². The second-order valence-corrected chi connectivity index (χ2v) is 3.41. The molecule has 0 saturated heterocycles. The van der Waals surface area contributed by atoms with Gasteiger partial charge in [-0.15, -0.1) is 0 Å². The molecule has 1 aliphatic carbocycles. The molecule has 0 aromatic heterocycles. The van der Waals surface area contributed by atoms with Crippen LogP contribution in [-0.4, -0.2) is 6.54 Å². The molecule has 1 N–H and O–H groups in total. The van der Waals surface area contributed by atoms with Crippen LogP contribution < -0.4 is 5.32 Å². The van der Waals surface area contributed by atoms with Crippen LogP contribution in [0, 0.1) is 5.92 Å². The van der Waals surface area contributed by atoms with E-state index in [2.05, 4.69) is 24.4 Å². The normalized spacial score (nSPS) is 28.6. The standard InChI is InChI=1S/C10H15N/c1-2-8-3-4-9-5-6-11-10(9)7-8/h3-4,8,11H,2,5-7H2,1H3/t8-/m1/s1. The van der Waals surface area contributed by atoms with Crippen molar-refractivity contribution >= 4 is 0 Å². The highest BCUT2D eigenvalue weighted by atomic mass is 14.9. The van der Waals surface area contributed by atoms with Crippen LogP contribution >= 0.6 is 0 Å². The number of hydrogen-bond acceptors (Lipinski definition) is 1. The van der Waals surface area contributed by atoms with Crippen molar-refractivity contribution < 1.29 is 0 Å². The van der Waals surface area contributed by atoms with Crippen molar-refractivity contribution in [2.24, 2.45) is 5.92 Å². The van der Waals surface area contributed by atoms with E-state index in [0.717, 1.165) is 12.5 Å². The summed E-state index contributed by atoms with van der Waals surface area (Å²) in [6, 6.07) is 0. The van der Waals surface area contributed by atoms with Gasteiger partial charge in [-0.25, -0.2) is 0 Å². The summed E-state index contributed by atoms with van der Waals surface area (Å²) in [5, 5.41) is 3.45. The molecule has 60 valence electrons. The lowest BCUT2D eigenvalue weighted by Crippen LogP contribution is -2.12. The average Bonchev–Trinajstić information content (AvgIpc) is 2.50. The van der Waals surface area contributed by atoms with Crippen LogP contribution in [0.3, 0.4) is 0 Å². The molecule has 1 aliphatic heterocycles. The Hall–Kier alpha value is -0.720. The van der Waals surface area contributed by atoms with Gasteiger partial charge in [-0.3, -0.25) is 0 Å². The molecule has 0 radical (unpaired) electrons. The van der Waals surface area contributed by atoms with Gasteiger partial charge in [0.1, 0.15) is 0 Å². The summed E-state index contributed by atoms with van der Waals surface area (Å²) in [6.45, 7) is 3.42. The Labute approximate surface area is 68.2 Å². The minimum atomic E-state index is 0.791. The zero-order chi connectivity index (χ0) is 7.68. The molecule has 0 unspecified atom stereocenters. The molecule has 2 rings (SSSR count). The molecule has 0 aromatic carbocycles. The summed E-state index contributed by atoms with van der Waals surface area (Å²) in [6.07, 6.45) is 8.44. The average molecular weight is 149 g/mol. The fourth-order valence-corrected chi connectivity index (χ4v) is 1.86. The molecule has 1 heterocycles. The van der Waals surface area contributed by atoms with E-state index in [4.69, 9.17) is 0 Å². The molecule has 0 saturated carbocycles. The Morgan fingerprint density at radius 1 is 1.64 bits per heavy atom. The van der Waals surface area contributed by atoms with Crippen molar-refractivity contribution in [2.75, 3.05) is 6.54 Å². The van der Waals surface area contributed by atoms with Crippen molar-refractivity contribution in [3.8, 4) is 0 Å². The Balaban J connectivity index is 2.12. The topological polar surface area (TPSA) is 12.0 Å². The molecular weight excluding hydrogens is 134 g/mol. The maximum atomic E-state index is 3.45. The van der Waals surface area contributed by atoms with Gasteiger partial charge in [0.2, 0.25) is 0 Å². The largest absolute Gasteiger partial charge is 0.388 e. The predicted octanol–water partition coefficient (Wildman–Crippen LogP) is 2.22. The second-order valence-electron chi connectivity index (χ2n) is 3.41. The third-order valence-corrected chi connectivity index (χ3v) is 2.68. The Morgan fingerprint density at radius 3 is 3.36 bits per heavy atom. The highest BCUT2D eigenvalue weighted by Gasteiger charge is 2.18. The summed E-state index contributed by atoms with van der Waals surface area (Å²) >= 11 is 0. The van der Waals surface area contributed by atoms with Crippen LogP contribution in [0.15, 0.2) is 23.4 Å². The van der Waals surface area contributed by atoms with Crippen molar-refractivity contribution in [1.29, 1.82) is 0 Å². The van der Waals surface area contributed by atoms with Gasteiger partial charge in [-0.1, -0.05) is 19.1 Å². The molecule has 0 bridgehead atoms. The highest BCUT2D eigenvalue weighted by Crippen LogP contribution is 2.28. The Bertz CT molecular complexity index is 213. The zero-order valence-electron chi connectivity index (χ0n) is 7.06. The fourth-order valence-electron chi connectivity index (χ4n) is 1.86. The lowest BCUT2D eigenvalue weighted by atomic mass is 9.92. The minimum absolute atomic E-state index is 0.791. The molecule has 2 aliphatic rings. The van der Waals surface area contributed by atoms with Gasteiger partial charge in [-0.05, 0) is 30.8 Å². The Kier molecular flexibility index (Phi) is 1.72. The third-order valence-electron chi connectivity index (χ3n) is 2.68. The molecule has 0 amide bonds. The first kappa shape index (κ1) is 6.96. The predicted molar refractivity (Wildman–Crippen MR) is 47.2 cm³/mol. The lowest BCUT2D eigenvalue weighted by molar-refractivity contribution is 0.593. The second kappa shape index (κ2) is 2.72. The third kappa shape index (κ3) is 1.20. The maximum Gasteiger partial charge on any atom is 0.0185 e. The fraction of sp³-hybridized carbons (Fsp3) is 0.600. The van der Waals surface area contributed by atoms with Gasteiger partial charge in [0.15, 0.2) is 0 Å². The van der Waals surface area contributed by atoms with Crippen LogP contribution in [0.4, 0.5) is 0 Å². The Morgan fingerprint density at radius 2 is 2.55 bits per heavy atom. The summed E-state index contributed by atoms with van der Waals surface area (Å²) in [5.74, 6) is 0.791. The van der Waals surface area contributed by atoms with Crippen LogP contribution in [0.25, 0.3) is 0 Å². The number of nitrogens with one attached hydrogen (secondary N) is 1. The van der Waals surface area contributed by atoms with E-state index in [1.165, 1.54) is 25.0 Å². The molecule has 0 aromatic rings. The smallest absolute Gasteiger partial charge is 0.0185 e. The van der Waals surface area contributed by atoms with E-state index in [0.29, 0.717) is 0 Å². The molecule has 11 heavy (non-hydrogen) atoms. The lowest BCUT2D eigenvalue weighted by Gasteiger charge is -2.16. The molecular formula is C10H15N. The van der Waals surface area contributed by atoms with E-state index in [1.54, 1.807) is 5.57 Å². The summed E-state index contributed by atoms with van der Waals surface area (Å²) in [4.78, 5) is 0. The van der Waals surface area contributed by atoms with Crippen LogP contribution in [0.5, 0.6) is 0 Å². The molecule has 0 fully saturated rings. The van der Waals surface area contributed by atoms with Crippen LogP contribution in [-0.2, 0) is 0 Å². The van der Waals surface area contributed by atoms with E-state index in [-0.39, 0.29) is 0 Å². The van der Waals surface area contributed by atoms with E-state index >= 15 is 0 Å². The summed E-state index contributed by atoms with van der Waals surface area (Å²) in [7, 11) is 0. The van der Waals surface area contributed by atoms with Gasteiger partial charge in [0.05, 0.1) is 0 Å². The van der Waals surface area contributed by atoms with Crippen molar-refractivity contribution in [2.45, 2.75) is 26.2 Å². The summed E-state index contributed by atoms with van der Waals surface area (Å²) < 4.78 is 0. The SMILES string of the molecule is CC[C@@H]1C=CC2=C(C1)NCC2. The minimum Gasteiger partial charge on any atom is -0.388 e. The van der Waals surface area contributed by atoms with Gasteiger partial charge in [-0.2, -0.15) is 0 Å². The molecule has 0 spiro atoms. The van der Waals surface area contributed by atoms with Crippen LogP contribution in [0.2, 0.25) is 0 Å². The number of allylic oxidation sites excluding steroid dienone is 3. The maximum absolute atomic E-state index is 3.45. The van der Waals surface area contributed by atoms with Gasteiger partial charge in [0, 0.05) is 12.2 Å². The van der Waals surface area contributed by atoms with E-state index in [9.17, 15) is 0 Å². The van der Waals surface area contributed by atoms with Crippen molar-refractivity contribution in [1.82, 2.24) is 5.32 Å². The molecule has 1 atom stereocenters. The first-order chi connectivity index (χ1) is 5.40. The van der Waals surface area contributed by atoms with Gasteiger partial charge < -0.3 is 5.32 Å². The van der Waals surface area contributed by atoms with Crippen LogP contribution in [0.1, 0.15) is 26.2 Å². The van der Waals surface area contributed by atoms with Gasteiger partial charge >= 0.3 is 0 Å².